The number of aromatic carboxylic acids is 1. The largest absolute Gasteiger partial charge is 0.478 e. The highest BCUT2D eigenvalue weighted by molar-refractivity contribution is 5.95. The summed E-state index contributed by atoms with van der Waals surface area (Å²) in [6.45, 7) is 0. The van der Waals surface area contributed by atoms with E-state index in [4.69, 9.17) is 0 Å². The van der Waals surface area contributed by atoms with Crippen molar-refractivity contribution in [2.45, 2.75) is 0 Å². The van der Waals surface area contributed by atoms with E-state index < -0.39 is 5.97 Å². The lowest BCUT2D eigenvalue weighted by Crippen LogP contribution is -2.08. The van der Waals surface area contributed by atoms with Gasteiger partial charge in [0.25, 0.3) is 0 Å². The molecule has 0 aliphatic heterocycles. The number of aromatic nitrogens is 3. The number of carbonyl (C=O) groups is 1. The number of hydrogen-bond donors (Lipinski definition) is 1. The molecular weight excluding hydrogens is 254 g/mol. The van der Waals surface area contributed by atoms with Crippen LogP contribution in [0.3, 0.4) is 0 Å². The highest BCUT2D eigenvalue weighted by Crippen LogP contribution is 2.29. The second-order valence-electron chi connectivity index (χ2n) is 4.22. The molecule has 2 aromatic carbocycles. The van der Waals surface area contributed by atoms with Gasteiger partial charge in [0.2, 0.25) is 0 Å². The van der Waals surface area contributed by atoms with Crippen LogP contribution in [0.4, 0.5) is 0 Å². The number of benzene rings is 2. The van der Waals surface area contributed by atoms with Gasteiger partial charge in [-0.2, -0.15) is 0 Å². The Bertz CT molecular complexity index is 737. The first-order chi connectivity index (χ1) is 9.77. The number of para-hydroxylation sites is 1. The monoisotopic (exact) mass is 265 g/mol. The maximum Gasteiger partial charge on any atom is 0.337 e. The Morgan fingerprint density at radius 3 is 2.50 bits per heavy atom. The molecule has 0 saturated heterocycles. The first-order valence-corrected chi connectivity index (χ1v) is 6.06. The van der Waals surface area contributed by atoms with Crippen molar-refractivity contribution < 1.29 is 9.90 Å². The third-order valence-electron chi connectivity index (χ3n) is 3.00. The zero-order valence-corrected chi connectivity index (χ0v) is 10.5. The molecule has 1 aromatic heterocycles. The summed E-state index contributed by atoms with van der Waals surface area (Å²) in [5.74, 6) is -0.992. The van der Waals surface area contributed by atoms with Gasteiger partial charge in [0.05, 0.1) is 23.6 Å². The van der Waals surface area contributed by atoms with Crippen LogP contribution in [0.5, 0.6) is 0 Å². The lowest BCUT2D eigenvalue weighted by Gasteiger charge is -2.12. The lowest BCUT2D eigenvalue weighted by atomic mass is 10.00. The van der Waals surface area contributed by atoms with Crippen LogP contribution >= 0.6 is 0 Å². The molecule has 0 saturated carbocycles. The summed E-state index contributed by atoms with van der Waals surface area (Å²) in [5.41, 5.74) is 2.44. The fourth-order valence-corrected chi connectivity index (χ4v) is 2.14. The Kier molecular flexibility index (Phi) is 3.01. The molecule has 5 heteroatoms. The van der Waals surface area contributed by atoms with Crippen LogP contribution in [0.15, 0.2) is 60.9 Å². The van der Waals surface area contributed by atoms with Gasteiger partial charge in [-0.05, 0) is 11.6 Å². The molecule has 5 nitrogen and oxygen atoms in total. The maximum absolute atomic E-state index is 11.4. The van der Waals surface area contributed by atoms with Crippen LogP contribution in [-0.2, 0) is 0 Å². The zero-order valence-electron chi connectivity index (χ0n) is 10.5. The van der Waals surface area contributed by atoms with Crippen molar-refractivity contribution in [3.05, 3.63) is 66.5 Å². The quantitative estimate of drug-likeness (QED) is 0.790. The number of hydrogen-bond acceptors (Lipinski definition) is 3. The summed E-state index contributed by atoms with van der Waals surface area (Å²) in [4.78, 5) is 11.4. The first kappa shape index (κ1) is 12.1. The molecule has 0 unspecified atom stereocenters. The van der Waals surface area contributed by atoms with Crippen LogP contribution in [-0.4, -0.2) is 26.1 Å². The first-order valence-electron chi connectivity index (χ1n) is 6.06. The second kappa shape index (κ2) is 4.97. The standard InChI is InChI=1S/C15H11N3O2/c19-15(20)13-8-4-7-12(11-5-2-1-3-6-11)14(13)18-10-9-16-17-18/h1-10H,(H,19,20). The molecule has 20 heavy (non-hydrogen) atoms. The van der Waals surface area contributed by atoms with Gasteiger partial charge in [0, 0.05) is 5.56 Å². The van der Waals surface area contributed by atoms with E-state index in [9.17, 15) is 9.90 Å². The van der Waals surface area contributed by atoms with Gasteiger partial charge in [-0.3, -0.25) is 0 Å². The van der Waals surface area contributed by atoms with Gasteiger partial charge >= 0.3 is 5.97 Å². The molecular formula is C15H11N3O2. The van der Waals surface area contributed by atoms with Gasteiger partial charge in [0.15, 0.2) is 0 Å². The zero-order chi connectivity index (χ0) is 13.9. The lowest BCUT2D eigenvalue weighted by molar-refractivity contribution is 0.0697. The van der Waals surface area contributed by atoms with E-state index >= 15 is 0 Å². The molecule has 3 aromatic rings. The minimum atomic E-state index is -0.992. The third-order valence-corrected chi connectivity index (χ3v) is 3.00. The predicted molar refractivity (Wildman–Crippen MR) is 73.8 cm³/mol. The summed E-state index contributed by atoms with van der Waals surface area (Å²) >= 11 is 0. The predicted octanol–water partition coefficient (Wildman–Crippen LogP) is 2.63. The van der Waals surface area contributed by atoms with E-state index in [-0.39, 0.29) is 5.56 Å². The summed E-state index contributed by atoms with van der Waals surface area (Å²) in [5, 5.41) is 17.0. The molecule has 0 aliphatic carbocycles. The van der Waals surface area contributed by atoms with Crippen molar-refractivity contribution in [1.82, 2.24) is 15.0 Å². The van der Waals surface area contributed by atoms with Gasteiger partial charge in [-0.15, -0.1) is 5.10 Å². The smallest absolute Gasteiger partial charge is 0.337 e. The maximum atomic E-state index is 11.4. The fraction of sp³-hybridized carbons (Fsp3) is 0. The van der Waals surface area contributed by atoms with Gasteiger partial charge in [-0.25, -0.2) is 9.48 Å². The molecule has 0 radical (unpaired) electrons. The molecule has 0 bridgehead atoms. The Balaban J connectivity index is 2.30. The second-order valence-corrected chi connectivity index (χ2v) is 4.22. The van der Waals surface area contributed by atoms with Gasteiger partial charge < -0.3 is 5.11 Å². The Labute approximate surface area is 115 Å². The summed E-state index contributed by atoms with van der Waals surface area (Å²) in [7, 11) is 0. The van der Waals surface area contributed by atoms with Crippen molar-refractivity contribution in [2.75, 3.05) is 0 Å². The number of nitrogens with zero attached hydrogens (tertiary/aromatic N) is 3. The summed E-state index contributed by atoms with van der Waals surface area (Å²) in [6, 6.07) is 14.8. The summed E-state index contributed by atoms with van der Waals surface area (Å²) in [6.07, 6.45) is 3.15. The van der Waals surface area contributed by atoms with E-state index in [1.165, 1.54) is 10.9 Å². The summed E-state index contributed by atoms with van der Waals surface area (Å²) < 4.78 is 1.48. The van der Waals surface area contributed by atoms with E-state index in [1.807, 2.05) is 36.4 Å². The van der Waals surface area contributed by atoms with Crippen molar-refractivity contribution in [3.63, 3.8) is 0 Å². The van der Waals surface area contributed by atoms with Crippen molar-refractivity contribution in [1.29, 1.82) is 0 Å². The Hall–Kier alpha value is -2.95. The fourth-order valence-electron chi connectivity index (χ4n) is 2.14. The molecule has 0 fully saturated rings. The van der Waals surface area contributed by atoms with Crippen LogP contribution in [0.2, 0.25) is 0 Å². The van der Waals surface area contributed by atoms with Crippen molar-refractivity contribution in [2.24, 2.45) is 0 Å². The average molecular weight is 265 g/mol. The highest BCUT2D eigenvalue weighted by Gasteiger charge is 2.17. The minimum absolute atomic E-state index is 0.192. The van der Waals surface area contributed by atoms with Gasteiger partial charge in [0.1, 0.15) is 0 Å². The topological polar surface area (TPSA) is 68.0 Å². The SMILES string of the molecule is O=C(O)c1cccc(-c2ccccc2)c1-n1ccnn1. The molecule has 0 aliphatic rings. The normalized spacial score (nSPS) is 10.4. The van der Waals surface area contributed by atoms with E-state index in [0.29, 0.717) is 5.69 Å². The van der Waals surface area contributed by atoms with Crippen molar-refractivity contribution in [3.8, 4) is 16.8 Å². The number of carboxylic acid groups (broad SMARTS) is 1. The number of rotatable bonds is 3. The molecule has 0 spiro atoms. The highest BCUT2D eigenvalue weighted by atomic mass is 16.4. The van der Waals surface area contributed by atoms with Crippen LogP contribution in [0.1, 0.15) is 10.4 Å². The van der Waals surface area contributed by atoms with Gasteiger partial charge in [-0.1, -0.05) is 47.7 Å². The van der Waals surface area contributed by atoms with E-state index in [1.54, 1.807) is 18.3 Å². The van der Waals surface area contributed by atoms with Crippen LogP contribution in [0, 0.1) is 0 Å². The molecule has 0 atom stereocenters. The van der Waals surface area contributed by atoms with Crippen LogP contribution < -0.4 is 0 Å². The molecule has 1 N–H and O–H groups in total. The Morgan fingerprint density at radius 1 is 1.05 bits per heavy atom. The molecule has 3 rings (SSSR count). The minimum Gasteiger partial charge on any atom is -0.478 e. The average Bonchev–Trinajstić information content (AvgIpc) is 3.01. The third kappa shape index (κ3) is 2.05. The van der Waals surface area contributed by atoms with E-state index in [0.717, 1.165) is 11.1 Å². The molecule has 1 heterocycles. The van der Waals surface area contributed by atoms with Crippen molar-refractivity contribution >= 4 is 5.97 Å². The van der Waals surface area contributed by atoms with Crippen LogP contribution in [0.25, 0.3) is 16.8 Å². The molecule has 98 valence electrons. The Morgan fingerprint density at radius 2 is 1.85 bits per heavy atom. The molecule has 0 amide bonds. The number of carboxylic acids is 1. The van der Waals surface area contributed by atoms with E-state index in [2.05, 4.69) is 10.3 Å².